The zero-order valence-corrected chi connectivity index (χ0v) is 15.4. The van der Waals surface area contributed by atoms with Gasteiger partial charge in [-0.1, -0.05) is 36.4 Å². The van der Waals surface area contributed by atoms with Crippen LogP contribution < -0.4 is 4.74 Å². The van der Waals surface area contributed by atoms with Crippen LogP contribution in [0.3, 0.4) is 0 Å². The summed E-state index contributed by atoms with van der Waals surface area (Å²) in [7, 11) is 1.76. The second-order valence-corrected chi connectivity index (χ2v) is 7.36. The summed E-state index contributed by atoms with van der Waals surface area (Å²) in [6.07, 6.45) is 2.56. The van der Waals surface area contributed by atoms with Crippen molar-refractivity contribution < 1.29 is 14.3 Å². The Labute approximate surface area is 154 Å². The maximum Gasteiger partial charge on any atom is 0.254 e. The first-order valence-corrected chi connectivity index (χ1v) is 9.27. The van der Waals surface area contributed by atoms with E-state index in [1.807, 2.05) is 54.3 Å². The van der Waals surface area contributed by atoms with Gasteiger partial charge in [0, 0.05) is 50.6 Å². The number of hydrogen-bond acceptors (Lipinski definition) is 3. The predicted octanol–water partition coefficient (Wildman–Crippen LogP) is 4.14. The van der Waals surface area contributed by atoms with Crippen molar-refractivity contribution in [2.45, 2.75) is 37.9 Å². The molecule has 4 nitrogen and oxygen atoms in total. The molecule has 1 unspecified atom stereocenters. The van der Waals surface area contributed by atoms with Gasteiger partial charge in [0.1, 0.15) is 11.4 Å². The van der Waals surface area contributed by atoms with Crippen LogP contribution in [-0.4, -0.2) is 36.6 Å². The van der Waals surface area contributed by atoms with Crippen molar-refractivity contribution in [1.29, 1.82) is 0 Å². The van der Waals surface area contributed by atoms with Crippen LogP contribution in [0.2, 0.25) is 0 Å². The van der Waals surface area contributed by atoms with Crippen LogP contribution in [0.4, 0.5) is 0 Å². The molecule has 0 radical (unpaired) electrons. The third-order valence-corrected chi connectivity index (χ3v) is 5.77. The monoisotopic (exact) mass is 351 g/mol. The summed E-state index contributed by atoms with van der Waals surface area (Å²) in [5.74, 6) is 1.04. The van der Waals surface area contributed by atoms with E-state index in [4.69, 9.17) is 9.47 Å². The van der Waals surface area contributed by atoms with Gasteiger partial charge in [-0.15, -0.1) is 0 Å². The zero-order chi connectivity index (χ0) is 18.1. The maximum absolute atomic E-state index is 12.9. The molecular formula is C22H25NO3. The highest BCUT2D eigenvalue weighted by atomic mass is 16.5. The Morgan fingerprint density at radius 3 is 2.54 bits per heavy atom. The Hall–Kier alpha value is -2.33. The summed E-state index contributed by atoms with van der Waals surface area (Å²) >= 11 is 0. The summed E-state index contributed by atoms with van der Waals surface area (Å²) < 4.78 is 12.2. The van der Waals surface area contributed by atoms with E-state index < -0.39 is 0 Å². The molecule has 1 amide bonds. The number of aryl methyl sites for hydroxylation is 1. The number of rotatable bonds is 2. The lowest BCUT2D eigenvalue weighted by Crippen LogP contribution is -2.52. The molecule has 1 saturated heterocycles. The Kier molecular flexibility index (Phi) is 4.45. The maximum atomic E-state index is 12.9. The molecule has 0 aliphatic carbocycles. The Balaban J connectivity index is 1.50. The highest BCUT2D eigenvalue weighted by Gasteiger charge is 2.44. The van der Waals surface area contributed by atoms with E-state index in [9.17, 15) is 4.79 Å². The number of fused-ring (bicyclic) bond motifs is 1. The van der Waals surface area contributed by atoms with E-state index in [0.717, 1.165) is 41.7 Å². The molecule has 2 aromatic rings. The van der Waals surface area contributed by atoms with Crippen LogP contribution in [-0.2, 0) is 4.74 Å². The zero-order valence-electron chi connectivity index (χ0n) is 15.4. The van der Waals surface area contributed by atoms with Crippen molar-refractivity contribution in [2.24, 2.45) is 0 Å². The van der Waals surface area contributed by atoms with E-state index in [2.05, 4.69) is 6.07 Å². The topological polar surface area (TPSA) is 38.8 Å². The van der Waals surface area contributed by atoms with Crippen molar-refractivity contribution >= 4 is 5.91 Å². The quantitative estimate of drug-likeness (QED) is 0.816. The number of hydrogen-bond donors (Lipinski definition) is 0. The number of ether oxygens (including phenoxy) is 2. The highest BCUT2D eigenvalue weighted by Crippen LogP contribution is 2.45. The normalized spacial score (nSPS) is 21.2. The fraction of sp³-hybridized carbons (Fsp3) is 0.409. The van der Waals surface area contributed by atoms with Crippen LogP contribution in [0.15, 0.2) is 48.5 Å². The van der Waals surface area contributed by atoms with Gasteiger partial charge < -0.3 is 14.4 Å². The predicted molar refractivity (Wildman–Crippen MR) is 100 cm³/mol. The number of para-hydroxylation sites is 1. The van der Waals surface area contributed by atoms with Gasteiger partial charge in [-0.2, -0.15) is 0 Å². The largest absolute Gasteiger partial charge is 0.487 e. The number of carbonyl (C=O) groups excluding carboxylic acids is 1. The average molecular weight is 351 g/mol. The first kappa shape index (κ1) is 17.1. The fourth-order valence-electron chi connectivity index (χ4n) is 4.18. The van der Waals surface area contributed by atoms with E-state index in [-0.39, 0.29) is 17.6 Å². The minimum atomic E-state index is -0.239. The third kappa shape index (κ3) is 2.99. The summed E-state index contributed by atoms with van der Waals surface area (Å²) in [5, 5.41) is 0. The summed E-state index contributed by atoms with van der Waals surface area (Å²) in [6, 6.07) is 15.9. The molecule has 0 saturated carbocycles. The number of likely N-dealkylation sites (tertiary alicyclic amines) is 1. The number of piperidine rings is 1. The van der Waals surface area contributed by atoms with Crippen molar-refractivity contribution in [3.8, 4) is 5.75 Å². The fourth-order valence-corrected chi connectivity index (χ4v) is 4.18. The van der Waals surface area contributed by atoms with Gasteiger partial charge in [-0.25, -0.2) is 0 Å². The van der Waals surface area contributed by atoms with E-state index in [1.54, 1.807) is 7.11 Å². The standard InChI is InChI=1S/C22H25NO3/c1-16-7-3-4-8-17(16)21(24)23-13-11-22(12-14-23)15-20(25-2)18-9-5-6-10-19(18)26-22/h3-10,20H,11-15H2,1-2H3. The van der Waals surface area contributed by atoms with Gasteiger partial charge in [0.15, 0.2) is 0 Å². The van der Waals surface area contributed by atoms with Crippen LogP contribution >= 0.6 is 0 Å². The smallest absolute Gasteiger partial charge is 0.254 e. The van der Waals surface area contributed by atoms with E-state index in [0.29, 0.717) is 13.1 Å². The van der Waals surface area contributed by atoms with Crippen molar-refractivity contribution in [3.05, 3.63) is 65.2 Å². The van der Waals surface area contributed by atoms with Gasteiger partial charge in [0.25, 0.3) is 5.91 Å². The Bertz CT molecular complexity index is 809. The summed E-state index contributed by atoms with van der Waals surface area (Å²) in [5.41, 5.74) is 2.71. The molecular weight excluding hydrogens is 326 g/mol. The second kappa shape index (κ2) is 6.76. The SMILES string of the molecule is COC1CC2(CCN(C(=O)c3ccccc3C)CC2)Oc2ccccc21. The van der Waals surface area contributed by atoms with Gasteiger partial charge in [0.2, 0.25) is 0 Å². The lowest BCUT2D eigenvalue weighted by Gasteiger charge is -2.46. The molecule has 136 valence electrons. The number of nitrogens with zero attached hydrogens (tertiary/aromatic N) is 1. The molecule has 26 heavy (non-hydrogen) atoms. The van der Waals surface area contributed by atoms with Crippen LogP contribution in [0.25, 0.3) is 0 Å². The van der Waals surface area contributed by atoms with E-state index in [1.165, 1.54) is 0 Å². The van der Waals surface area contributed by atoms with E-state index >= 15 is 0 Å². The minimum absolute atomic E-state index is 0.0542. The number of methoxy groups -OCH3 is 1. The van der Waals surface area contributed by atoms with Crippen molar-refractivity contribution in [1.82, 2.24) is 4.90 Å². The molecule has 0 aromatic heterocycles. The highest BCUT2D eigenvalue weighted by molar-refractivity contribution is 5.95. The molecule has 1 fully saturated rings. The molecule has 2 aromatic carbocycles. The number of carbonyl (C=O) groups is 1. The van der Waals surface area contributed by atoms with Gasteiger partial charge >= 0.3 is 0 Å². The van der Waals surface area contributed by atoms with Crippen molar-refractivity contribution in [3.63, 3.8) is 0 Å². The van der Waals surface area contributed by atoms with Crippen LogP contribution in [0.5, 0.6) is 5.75 Å². The first-order valence-electron chi connectivity index (χ1n) is 9.27. The average Bonchev–Trinajstić information content (AvgIpc) is 2.68. The lowest BCUT2D eigenvalue weighted by molar-refractivity contribution is -0.0608. The molecule has 2 aliphatic heterocycles. The lowest BCUT2D eigenvalue weighted by atomic mass is 9.81. The first-order chi connectivity index (χ1) is 12.6. The summed E-state index contributed by atoms with van der Waals surface area (Å²) in [6.45, 7) is 3.42. The number of benzene rings is 2. The Morgan fingerprint density at radius 2 is 1.81 bits per heavy atom. The second-order valence-electron chi connectivity index (χ2n) is 7.36. The number of amides is 1. The molecule has 0 bridgehead atoms. The molecule has 1 spiro atoms. The molecule has 4 rings (SSSR count). The van der Waals surface area contributed by atoms with Gasteiger partial charge in [0.05, 0.1) is 6.10 Å². The van der Waals surface area contributed by atoms with Gasteiger partial charge in [-0.3, -0.25) is 4.79 Å². The van der Waals surface area contributed by atoms with Crippen molar-refractivity contribution in [2.75, 3.05) is 20.2 Å². The molecule has 2 heterocycles. The molecule has 2 aliphatic rings. The summed E-state index contributed by atoms with van der Waals surface area (Å²) in [4.78, 5) is 14.8. The minimum Gasteiger partial charge on any atom is -0.487 e. The molecule has 1 atom stereocenters. The Morgan fingerprint density at radius 1 is 1.12 bits per heavy atom. The van der Waals surface area contributed by atoms with Crippen LogP contribution in [0, 0.1) is 6.92 Å². The van der Waals surface area contributed by atoms with Crippen LogP contribution in [0.1, 0.15) is 46.9 Å². The molecule has 4 heteroatoms. The third-order valence-electron chi connectivity index (χ3n) is 5.77. The van der Waals surface area contributed by atoms with Gasteiger partial charge in [-0.05, 0) is 24.6 Å². The molecule has 0 N–H and O–H groups in total.